The highest BCUT2D eigenvalue weighted by Crippen LogP contribution is 2.72. The summed E-state index contributed by atoms with van der Waals surface area (Å²) < 4.78 is 12.8. The molecule has 366 valence electrons. The van der Waals surface area contributed by atoms with Gasteiger partial charge < -0.3 is 19.7 Å². The van der Waals surface area contributed by atoms with Crippen LogP contribution >= 0.6 is 24.8 Å². The molecule has 15 rings (SSSR count). The molecule has 4 atom stereocenters. The van der Waals surface area contributed by atoms with Crippen LogP contribution in [-0.2, 0) is 16.2 Å². The number of hydrogen-bond donors (Lipinski definition) is 2. The summed E-state index contributed by atoms with van der Waals surface area (Å²) >= 11 is 0. The highest BCUT2D eigenvalue weighted by molar-refractivity contribution is 5.89. The third-order valence-corrected chi connectivity index (χ3v) is 18.9. The minimum Gasteiger partial charge on any atom is -0.478 e. The van der Waals surface area contributed by atoms with Crippen molar-refractivity contribution < 1.29 is 29.3 Å². The zero-order valence-electron chi connectivity index (χ0n) is 41.2. The Kier molecular flexibility index (Phi) is 10.9. The van der Waals surface area contributed by atoms with Gasteiger partial charge in [0.05, 0.1) is 16.5 Å². The van der Waals surface area contributed by atoms with Crippen molar-refractivity contribution in [3.05, 3.63) is 178 Å². The van der Waals surface area contributed by atoms with Gasteiger partial charge in [-0.05, 0) is 239 Å². The van der Waals surface area contributed by atoms with Crippen LogP contribution in [-0.4, -0.2) is 22.2 Å². The van der Waals surface area contributed by atoms with Crippen LogP contribution in [0.3, 0.4) is 0 Å². The molecule has 4 unspecified atom stereocenters. The van der Waals surface area contributed by atoms with Crippen LogP contribution in [0.4, 0.5) is 0 Å². The van der Waals surface area contributed by atoms with Crippen LogP contribution < -0.4 is 9.47 Å². The number of halogens is 2. The molecule has 8 bridgehead atoms. The van der Waals surface area contributed by atoms with Crippen molar-refractivity contribution >= 4 is 36.8 Å². The topological polar surface area (TPSA) is 93.1 Å². The van der Waals surface area contributed by atoms with E-state index in [4.69, 9.17) is 9.47 Å². The van der Waals surface area contributed by atoms with E-state index >= 15 is 0 Å². The zero-order valence-corrected chi connectivity index (χ0v) is 42.8. The second-order valence-electron chi connectivity index (χ2n) is 25.0. The number of rotatable bonds is 10. The van der Waals surface area contributed by atoms with Crippen molar-refractivity contribution in [1.82, 2.24) is 0 Å². The summed E-state index contributed by atoms with van der Waals surface area (Å²) in [4.78, 5) is 23.3. The second kappa shape index (κ2) is 16.2. The number of ether oxygens (including phenoxy) is 2. The monoisotopic (exact) mass is 986 g/mol. The Bertz CT molecular complexity index is 2860. The Hall–Kier alpha value is -5.56. The number of carboxylic acids is 2. The Labute approximate surface area is 430 Å². The zero-order chi connectivity index (χ0) is 47.3. The minimum absolute atomic E-state index is 0. The number of hydrogen-bond acceptors (Lipinski definition) is 4. The van der Waals surface area contributed by atoms with Gasteiger partial charge in [0.1, 0.15) is 23.0 Å². The van der Waals surface area contributed by atoms with Crippen molar-refractivity contribution in [2.45, 2.75) is 121 Å². The minimum atomic E-state index is -0.966. The normalized spacial score (nSPS) is 31.7. The summed E-state index contributed by atoms with van der Waals surface area (Å²) in [6, 6.07) is 45.8. The molecule has 0 aliphatic heterocycles. The molecule has 6 aromatic carbocycles. The molecule has 8 heteroatoms. The van der Waals surface area contributed by atoms with Gasteiger partial charge >= 0.3 is 11.9 Å². The fraction of sp³-hybridized carbons (Fsp3) is 0.397. The summed E-state index contributed by atoms with van der Waals surface area (Å²) in [6.07, 6.45) is 15.6. The Balaban J connectivity index is 0.00000273. The molecule has 0 amide bonds. The van der Waals surface area contributed by atoms with Gasteiger partial charge in [0, 0.05) is 0 Å². The molecule has 0 radical (unpaired) electrons. The molecule has 0 saturated heterocycles. The molecule has 9 aliphatic carbocycles. The maximum Gasteiger partial charge on any atom is 0.335 e. The van der Waals surface area contributed by atoms with E-state index in [0.29, 0.717) is 44.7 Å². The maximum atomic E-state index is 11.6. The number of aromatic carboxylic acids is 2. The van der Waals surface area contributed by atoms with Crippen LogP contribution in [0.2, 0.25) is 0 Å². The Morgan fingerprint density at radius 1 is 0.408 bits per heavy atom. The van der Waals surface area contributed by atoms with Gasteiger partial charge in [0.2, 0.25) is 0 Å². The molecule has 6 aromatic rings. The fourth-order valence-corrected chi connectivity index (χ4v) is 18.5. The van der Waals surface area contributed by atoms with Crippen molar-refractivity contribution in [1.29, 1.82) is 0 Å². The Morgan fingerprint density at radius 3 is 1.00 bits per heavy atom. The molecule has 8 saturated carbocycles. The van der Waals surface area contributed by atoms with E-state index in [9.17, 15) is 19.8 Å². The van der Waals surface area contributed by atoms with Gasteiger partial charge in [-0.15, -0.1) is 24.8 Å². The first kappa shape index (κ1) is 47.7. The van der Waals surface area contributed by atoms with Crippen molar-refractivity contribution in [2.75, 3.05) is 0 Å². The third-order valence-electron chi connectivity index (χ3n) is 18.9. The van der Waals surface area contributed by atoms with Gasteiger partial charge in [-0.2, -0.15) is 0 Å². The average Bonchev–Trinajstić information content (AvgIpc) is 3.57. The number of carboxylic acid groups (broad SMARTS) is 2. The highest BCUT2D eigenvalue weighted by Gasteiger charge is 2.62. The van der Waals surface area contributed by atoms with Gasteiger partial charge in [0.25, 0.3) is 0 Å². The molecule has 6 nitrogen and oxygen atoms in total. The van der Waals surface area contributed by atoms with Crippen molar-refractivity contribution in [3.8, 4) is 34.1 Å². The predicted octanol–water partition coefficient (Wildman–Crippen LogP) is 16.4. The molecule has 8 fully saturated rings. The first-order chi connectivity index (χ1) is 33.0. The van der Waals surface area contributed by atoms with E-state index in [1.165, 1.54) is 110 Å². The molecular weight excluding hydrogens is 924 g/mol. The van der Waals surface area contributed by atoms with Crippen LogP contribution in [0.15, 0.2) is 133 Å². The molecule has 9 aliphatic rings. The van der Waals surface area contributed by atoms with E-state index in [1.54, 1.807) is 48.5 Å². The molecular formula is C63H64Cl2O6. The van der Waals surface area contributed by atoms with Crippen LogP contribution in [0.25, 0.3) is 11.1 Å². The lowest BCUT2D eigenvalue weighted by Crippen LogP contribution is -2.56. The summed E-state index contributed by atoms with van der Waals surface area (Å²) in [5.41, 5.74) is 12.0. The summed E-state index contributed by atoms with van der Waals surface area (Å²) in [6.45, 7) is 10.3. The maximum absolute atomic E-state index is 11.6. The van der Waals surface area contributed by atoms with Gasteiger partial charge in [-0.1, -0.05) is 88.4 Å². The van der Waals surface area contributed by atoms with Gasteiger partial charge in [0.15, 0.2) is 0 Å². The van der Waals surface area contributed by atoms with E-state index < -0.39 is 17.4 Å². The van der Waals surface area contributed by atoms with E-state index in [0.717, 1.165) is 23.0 Å². The smallest absolute Gasteiger partial charge is 0.335 e. The molecule has 0 aromatic heterocycles. The van der Waals surface area contributed by atoms with E-state index in [1.807, 2.05) is 0 Å². The van der Waals surface area contributed by atoms with Crippen molar-refractivity contribution in [2.24, 2.45) is 33.5 Å². The van der Waals surface area contributed by atoms with Crippen LogP contribution in [0, 0.1) is 33.5 Å². The van der Waals surface area contributed by atoms with E-state index in [2.05, 4.69) is 113 Å². The van der Waals surface area contributed by atoms with Gasteiger partial charge in [-0.25, -0.2) is 9.59 Å². The lowest BCUT2D eigenvalue weighted by atomic mass is 9.39. The lowest BCUT2D eigenvalue weighted by Gasteiger charge is -2.65. The molecule has 0 heterocycles. The largest absolute Gasteiger partial charge is 0.478 e. The van der Waals surface area contributed by atoms with E-state index in [-0.39, 0.29) is 46.8 Å². The lowest BCUT2D eigenvalue weighted by molar-refractivity contribution is -0.110. The van der Waals surface area contributed by atoms with Gasteiger partial charge in [-0.3, -0.25) is 0 Å². The third kappa shape index (κ3) is 7.55. The number of benzene rings is 6. The number of fused-ring (bicyclic) bond motifs is 3. The molecule has 2 N–H and O–H groups in total. The predicted molar refractivity (Wildman–Crippen MR) is 283 cm³/mol. The SMILES string of the molecule is CC12CC3CC(C)(C1)CC(c1ccc4c(c1)C(c1ccc(Oc5ccc(C(=O)O)cc5)cc1)(c1ccc(Oc5ccc(C(=O)O)cc5)cc1)c1cc(C56CC7CC(C)(CC(C)(C7)C5)C6)ccc1-4)(C3)C2.Cl.Cl. The fourth-order valence-electron chi connectivity index (χ4n) is 18.5. The highest BCUT2D eigenvalue weighted by atomic mass is 35.5. The van der Waals surface area contributed by atoms with Crippen LogP contribution in [0.1, 0.15) is 159 Å². The molecule has 0 spiro atoms. The average molecular weight is 988 g/mol. The van der Waals surface area contributed by atoms with Crippen molar-refractivity contribution in [3.63, 3.8) is 0 Å². The molecule has 71 heavy (non-hydrogen) atoms. The standard InChI is InChI=1S/C63H62O6.2ClH/c1-57-27-39-28-58(2,33-57)36-61(31-39,35-57)45-13-23-51-52-24-14-46(62-32-40-29-59(3,37-62)34-60(4,30-40)38-62)26-54(52)63(53(51)25-45,43-9-19-49(20-10-43)68-47-15-5-41(6-16-47)55(64)65)44-11-21-50(22-12-44)69-48-17-7-42(8-18-48)56(66)67;;/h5-26,39-40H,27-38H2,1-4H3,(H,64,65)(H,66,67);2*1H. The number of carbonyl (C=O) groups is 2. The summed E-state index contributed by atoms with van der Waals surface area (Å²) in [7, 11) is 0. The first-order valence-corrected chi connectivity index (χ1v) is 25.5. The first-order valence-electron chi connectivity index (χ1n) is 25.5. The summed E-state index contributed by atoms with van der Waals surface area (Å²) in [5.74, 6) is 2.12. The Morgan fingerprint density at radius 2 is 0.704 bits per heavy atom. The quantitative estimate of drug-likeness (QED) is 0.142. The second-order valence-corrected chi connectivity index (χ2v) is 25.0. The van der Waals surface area contributed by atoms with Crippen LogP contribution in [0.5, 0.6) is 23.0 Å². The summed E-state index contributed by atoms with van der Waals surface area (Å²) in [5, 5.41) is 19.1.